The van der Waals surface area contributed by atoms with Crippen molar-refractivity contribution < 1.29 is 32.7 Å². The van der Waals surface area contributed by atoms with E-state index in [9.17, 15) is 0 Å². The molecule has 127 heavy (non-hydrogen) atoms. The number of allylic oxidation sites excluding steroid dienone is 75. The first-order valence-electron chi connectivity index (χ1n) is 46.8. The molecule has 0 nitrogen and oxygen atoms in total. The topological polar surface area (TPSA) is 0 Å². The molecule has 0 N–H and O–H groups in total. The smallest absolute Gasteiger partial charge is 0 e. The predicted octanol–water partition coefficient (Wildman–Crippen LogP) is 40.5. The maximum atomic E-state index is 5.60. The molecule has 687 valence electrons. The quantitative estimate of drug-likeness (QED) is 0.0330. The molecular weight excluding hydrogens is 1600 g/mol. The van der Waals surface area contributed by atoms with E-state index in [1.54, 1.807) is 16.7 Å². The van der Waals surface area contributed by atoms with Crippen LogP contribution in [0.5, 0.6) is 0 Å². The van der Waals surface area contributed by atoms with Crippen molar-refractivity contribution in [2.45, 2.75) is 319 Å². The monoisotopic (exact) mass is 1780 g/mol. The third kappa shape index (κ3) is 69.0. The van der Waals surface area contributed by atoms with E-state index < -0.39 is 0 Å². The summed E-state index contributed by atoms with van der Waals surface area (Å²) in [5.74, 6) is 0. The van der Waals surface area contributed by atoms with Crippen LogP contribution in [0.4, 0.5) is 0 Å². The Hall–Kier alpha value is -8.78. The minimum Gasteiger partial charge on any atom is -0.290 e. The molecule has 0 heterocycles. The van der Waals surface area contributed by atoms with E-state index in [0.717, 1.165) is 31.3 Å². The van der Waals surface area contributed by atoms with Crippen LogP contribution in [0.3, 0.4) is 0 Å². The predicted molar refractivity (Wildman–Crippen MR) is 581 cm³/mol. The summed E-state index contributed by atoms with van der Waals surface area (Å²) in [6.45, 7) is 79.5. The van der Waals surface area contributed by atoms with Gasteiger partial charge in [-0.25, -0.2) is 11.6 Å². The summed E-state index contributed by atoms with van der Waals surface area (Å²) in [7, 11) is 0. The van der Waals surface area contributed by atoms with Crippen LogP contribution in [0, 0.1) is 22.8 Å². The van der Waals surface area contributed by atoms with Gasteiger partial charge in [0, 0.05) is 32.7 Å². The fourth-order valence-electron chi connectivity index (χ4n) is 13.5. The first-order chi connectivity index (χ1) is 59.4. The van der Waals surface area contributed by atoms with Gasteiger partial charge in [0.15, 0.2) is 0 Å². The molecule has 0 amide bonds. The first kappa shape index (κ1) is 122. The fraction of sp³-hybridized carbons (Fsp3) is 0.397. The van der Waals surface area contributed by atoms with Crippen LogP contribution in [0.25, 0.3) is 0 Å². The molecule has 0 atom stereocenters. The molecule has 0 unspecified atom stereocenters. The maximum absolute atomic E-state index is 5.60. The van der Waals surface area contributed by atoms with Crippen molar-refractivity contribution in [3.8, 4) is 0 Å². The Balaban J connectivity index is -0.00000153. The average molecular weight is 1780 g/mol. The van der Waals surface area contributed by atoms with Gasteiger partial charge in [-0.1, -0.05) is 457 Å². The molecule has 0 fully saturated rings. The summed E-state index contributed by atoms with van der Waals surface area (Å²) >= 11 is 0. The van der Waals surface area contributed by atoms with Crippen LogP contribution in [-0.2, 0) is 32.7 Å². The third-order valence-corrected chi connectivity index (χ3v) is 21.6. The van der Waals surface area contributed by atoms with Gasteiger partial charge in [-0.05, 0) is 303 Å². The number of hydrogen-bond donors (Lipinski definition) is 0. The molecule has 0 saturated carbocycles. The van der Waals surface area contributed by atoms with E-state index in [-0.39, 0.29) is 32.7 Å². The van der Waals surface area contributed by atoms with Gasteiger partial charge in [-0.2, -0.15) is 0 Å². The van der Waals surface area contributed by atoms with Gasteiger partial charge in [0.05, 0.1) is 0 Å². The first-order valence-corrected chi connectivity index (χ1v) is 46.8. The van der Waals surface area contributed by atoms with Crippen LogP contribution in [0.2, 0.25) is 0 Å². The van der Waals surface area contributed by atoms with Crippen LogP contribution < -0.4 is 0 Å². The summed E-state index contributed by atoms with van der Waals surface area (Å²) in [5.41, 5.74) is 34.2. The third-order valence-electron chi connectivity index (χ3n) is 21.6. The summed E-state index contributed by atoms with van der Waals surface area (Å²) in [4.78, 5) is 0. The molecule has 3 rings (SSSR count). The second-order valence-corrected chi connectivity index (χ2v) is 37.4. The summed E-state index contributed by atoms with van der Waals surface area (Å²) in [6.07, 6.45) is 123. The van der Waals surface area contributed by atoms with Crippen molar-refractivity contribution in [1.29, 1.82) is 0 Å². The van der Waals surface area contributed by atoms with Crippen LogP contribution >= 0.6 is 0 Å². The van der Waals surface area contributed by atoms with E-state index in [2.05, 4.69) is 507 Å². The molecule has 1 heteroatoms. The second-order valence-electron chi connectivity index (χ2n) is 37.4. The largest absolute Gasteiger partial charge is 0.290 e. The van der Waals surface area contributed by atoms with Crippen LogP contribution in [-0.4, -0.2) is 0 Å². The minimum atomic E-state index is 0. The Labute approximate surface area is 811 Å². The Bertz CT molecular complexity index is 4610. The van der Waals surface area contributed by atoms with Gasteiger partial charge >= 0.3 is 0 Å². The number of rotatable bonds is 37. The molecule has 1 radical (unpaired) electrons. The molecule has 0 spiro atoms. The van der Waals surface area contributed by atoms with E-state index in [0.29, 0.717) is 16.2 Å². The van der Waals surface area contributed by atoms with E-state index in [1.165, 1.54) is 175 Å². The molecule has 0 bridgehead atoms. The van der Waals surface area contributed by atoms with Gasteiger partial charge in [-0.3, -0.25) is 6.58 Å². The Morgan fingerprint density at radius 1 is 0.260 bits per heavy atom. The molecule has 0 aromatic carbocycles. The van der Waals surface area contributed by atoms with Crippen molar-refractivity contribution >= 4 is 0 Å². The Morgan fingerprint density at radius 2 is 0.480 bits per heavy atom. The molecule has 3 aliphatic carbocycles. The zero-order valence-electron chi connectivity index (χ0n) is 87.2. The summed E-state index contributed by atoms with van der Waals surface area (Å²) < 4.78 is 0. The van der Waals surface area contributed by atoms with E-state index in [4.69, 9.17) is 6.58 Å². The Kier molecular flexibility index (Phi) is 70.4. The minimum absolute atomic E-state index is 0. The summed E-state index contributed by atoms with van der Waals surface area (Å²) in [6, 6.07) is 0. The van der Waals surface area contributed by atoms with Gasteiger partial charge in [-0.15, -0.1) is 6.08 Å². The summed E-state index contributed by atoms with van der Waals surface area (Å²) in [5, 5.41) is 0. The molecule has 0 aliphatic heterocycles. The van der Waals surface area contributed by atoms with Gasteiger partial charge in [0.1, 0.15) is 0 Å². The van der Waals surface area contributed by atoms with Crippen molar-refractivity contribution in [3.63, 3.8) is 0 Å². The van der Waals surface area contributed by atoms with Gasteiger partial charge in [0.25, 0.3) is 0 Å². The SMILES string of the molecule is C/C=C(C)/C=C/C(C)=C/C=C/C=C(C)/C=C/C=C(C)/C=C/C1=C(C)CCCC1(C)C.C/C=C(C)/C=C/C=C(C)/C=C/C1=C(C)CCCC1(C)C.C/C=C/C(C)=C/C=C/C=C(C)/C=C/C=C(C)/C=C/C=C(\C)CCC=C(C)C.CC(C)=C/C=C/C(C)=C/C=C/C=C(C)/C=C/C=C(C)/C=C/C=C(\C)CCC=C(C)C.[CH-]=C(C)\C=C/C=C(C)/C=C/C1=C(C)CCCC1(C)C.[Y]. The van der Waals surface area contributed by atoms with E-state index in [1.807, 2.05) is 32.1 Å². The second kappa shape index (κ2) is 73.1. The zero-order chi connectivity index (χ0) is 95.5. The van der Waals surface area contributed by atoms with Crippen molar-refractivity contribution in [2.24, 2.45) is 16.2 Å². The van der Waals surface area contributed by atoms with Crippen molar-refractivity contribution in [3.05, 3.63) is 450 Å². The average Bonchev–Trinajstić information content (AvgIpc) is 0.832. The van der Waals surface area contributed by atoms with E-state index >= 15 is 0 Å². The van der Waals surface area contributed by atoms with Gasteiger partial charge in [0.2, 0.25) is 0 Å². The normalized spacial score (nSPS) is 17.8. The zero-order valence-corrected chi connectivity index (χ0v) is 90.1. The maximum Gasteiger partial charge on any atom is 0 e. The molecule has 3 aliphatic rings. The molecule has 0 saturated heterocycles. The molecule has 0 aromatic rings. The molecular formula is C126H179Y-. The fourth-order valence-corrected chi connectivity index (χ4v) is 13.5. The number of hydrogen-bond acceptors (Lipinski definition) is 0. The van der Waals surface area contributed by atoms with Crippen molar-refractivity contribution in [1.82, 2.24) is 0 Å². The van der Waals surface area contributed by atoms with Crippen molar-refractivity contribution in [2.75, 3.05) is 0 Å². The molecule has 0 aromatic heterocycles. The standard InChI is InChI=1S/2C30H42.C27H38.C20H30.C19H27.Y/c1-9-24(2)19-20-26(4)15-11-10-14-25(3)16-12-17-27(5)21-22-29-28(6)18-13-23-30(29,7)8;1-25(2)15-11-19-27(5)17-9-10-18-28(6)21-13-23-30(8)24-14-22-29(7)20-12-16-26(3)4;1-8-14-24(4)16-9-10-17-25(5)19-12-21-27(7)22-13-20-26(6)18-11-15-23(2)3;1-7-16(2)10-8-11-17(3)13-14-19-18(4)12-9-15-20(19,5)6;1-15(2)9-7-10-16(3)12-13-18-17(4)11-8-14-19(18,5)6;/h9-12,14-17,19-22H,13,18,23H2,1-8H3;9-11,13-19,21-24H,12,20H2,1-8H3;8-10,12-17,19-22H,11,18H2,1-7H3;7-8,10-11,13-14H,9,12,15H2,1-6H3;1,7,9-10,12-13H,8,11,14H2,2-6H3;/q;;;;-1;/b11-10+,16-12+,20-19+,22-21+,24-9+,25-14+,26-15+,27-17+;10-9+,19-11+,21-13+,24-14+,27-17+,28-18+,29-22+,30-23+;10-9+,14-8+,19-12+,22-13+,24-16+,25-17+,26-20+,27-21+;10-8+,14-13+,16-7+,17-11+;9-7-,13-12+,16-10+;. The van der Waals surface area contributed by atoms with Crippen LogP contribution in [0.1, 0.15) is 319 Å². The Morgan fingerprint density at radius 3 is 0.732 bits per heavy atom. The van der Waals surface area contributed by atoms with Gasteiger partial charge < -0.3 is 0 Å². The van der Waals surface area contributed by atoms with Crippen LogP contribution in [0.15, 0.2) is 443 Å².